The first-order valence-electron chi connectivity index (χ1n) is 7.92. The number of rotatable bonds is 5. The molecule has 0 atom stereocenters. The number of hydrogen-bond donors (Lipinski definition) is 1. The first-order valence-corrected chi connectivity index (χ1v) is 9.51. The maximum atomic E-state index is 12.1. The minimum atomic E-state index is -0.200. The molecule has 1 aliphatic rings. The molecule has 0 bridgehead atoms. The van der Waals surface area contributed by atoms with Gasteiger partial charge in [-0.3, -0.25) is 4.79 Å². The van der Waals surface area contributed by atoms with Gasteiger partial charge < -0.3 is 19.7 Å². The average Bonchev–Trinajstić information content (AvgIpc) is 2.62. The van der Waals surface area contributed by atoms with Gasteiger partial charge in [-0.15, -0.1) is 0 Å². The summed E-state index contributed by atoms with van der Waals surface area (Å²) < 4.78 is 12.6. The SMILES string of the molecule is O=C(COc1ccc(Br)cc1Br)Nc1ccc(N2CCOCC2)cc1. The number of amides is 1. The van der Waals surface area contributed by atoms with E-state index in [9.17, 15) is 4.79 Å². The molecule has 0 radical (unpaired) electrons. The predicted molar refractivity (Wildman–Crippen MR) is 105 cm³/mol. The van der Waals surface area contributed by atoms with Crippen LogP contribution in [0, 0.1) is 0 Å². The van der Waals surface area contributed by atoms with E-state index in [4.69, 9.17) is 9.47 Å². The first kappa shape index (κ1) is 18.2. The van der Waals surface area contributed by atoms with Gasteiger partial charge in [-0.05, 0) is 58.4 Å². The summed E-state index contributed by atoms with van der Waals surface area (Å²) in [5, 5.41) is 2.84. The van der Waals surface area contributed by atoms with Gasteiger partial charge in [-0.2, -0.15) is 0 Å². The molecule has 1 amide bonds. The number of morpholine rings is 1. The lowest BCUT2D eigenvalue weighted by Crippen LogP contribution is -2.36. The fourth-order valence-corrected chi connectivity index (χ4v) is 3.67. The lowest BCUT2D eigenvalue weighted by Gasteiger charge is -2.28. The van der Waals surface area contributed by atoms with Crippen molar-refractivity contribution in [2.75, 3.05) is 43.1 Å². The Labute approximate surface area is 163 Å². The second kappa shape index (κ2) is 8.69. The van der Waals surface area contributed by atoms with Gasteiger partial charge in [0.05, 0.1) is 17.7 Å². The minimum Gasteiger partial charge on any atom is -0.483 e. The molecule has 2 aromatic rings. The van der Waals surface area contributed by atoms with Crippen LogP contribution in [0.1, 0.15) is 0 Å². The highest BCUT2D eigenvalue weighted by Gasteiger charge is 2.11. The zero-order chi connectivity index (χ0) is 17.6. The normalized spacial score (nSPS) is 14.2. The number of benzene rings is 2. The van der Waals surface area contributed by atoms with Crippen molar-refractivity contribution >= 4 is 49.1 Å². The number of nitrogens with one attached hydrogen (secondary N) is 1. The highest BCUT2D eigenvalue weighted by molar-refractivity contribution is 9.11. The second-order valence-corrected chi connectivity index (χ2v) is 7.33. The van der Waals surface area contributed by atoms with E-state index in [0.717, 1.165) is 46.6 Å². The summed E-state index contributed by atoms with van der Waals surface area (Å²) in [5.74, 6) is 0.426. The van der Waals surface area contributed by atoms with Crippen LogP contribution in [0.3, 0.4) is 0 Å². The van der Waals surface area contributed by atoms with E-state index in [1.54, 1.807) is 6.07 Å². The zero-order valence-electron chi connectivity index (χ0n) is 13.5. The number of halogens is 2. The van der Waals surface area contributed by atoms with Crippen LogP contribution in [0.2, 0.25) is 0 Å². The van der Waals surface area contributed by atoms with Crippen molar-refractivity contribution in [3.05, 3.63) is 51.4 Å². The standard InChI is InChI=1S/C18H18Br2N2O3/c19-13-1-6-17(16(20)11-13)25-12-18(23)21-14-2-4-15(5-3-14)22-7-9-24-10-8-22/h1-6,11H,7-10,12H2,(H,21,23). The highest BCUT2D eigenvalue weighted by Crippen LogP contribution is 2.28. The lowest BCUT2D eigenvalue weighted by molar-refractivity contribution is -0.118. The van der Waals surface area contributed by atoms with E-state index in [-0.39, 0.29) is 12.5 Å². The third-order valence-electron chi connectivity index (χ3n) is 3.78. The van der Waals surface area contributed by atoms with E-state index in [1.807, 2.05) is 36.4 Å². The lowest BCUT2D eigenvalue weighted by atomic mass is 10.2. The molecule has 7 heteroatoms. The summed E-state index contributed by atoms with van der Waals surface area (Å²) in [5.41, 5.74) is 1.89. The van der Waals surface area contributed by atoms with Gasteiger partial charge >= 0.3 is 0 Å². The Morgan fingerprint density at radius 1 is 1.12 bits per heavy atom. The van der Waals surface area contributed by atoms with Gasteiger partial charge in [0, 0.05) is 28.9 Å². The van der Waals surface area contributed by atoms with Gasteiger partial charge in [-0.25, -0.2) is 0 Å². The van der Waals surface area contributed by atoms with Gasteiger partial charge in [-0.1, -0.05) is 15.9 Å². The van der Waals surface area contributed by atoms with Crippen LogP contribution in [0.25, 0.3) is 0 Å². The van der Waals surface area contributed by atoms with Crippen LogP contribution < -0.4 is 15.0 Å². The summed E-state index contributed by atoms with van der Waals surface area (Å²) >= 11 is 6.79. The molecule has 0 saturated carbocycles. The van der Waals surface area contributed by atoms with Crippen LogP contribution in [-0.2, 0) is 9.53 Å². The molecular weight excluding hydrogens is 452 g/mol. The van der Waals surface area contributed by atoms with Gasteiger partial charge in [0.2, 0.25) is 0 Å². The van der Waals surface area contributed by atoms with Crippen molar-refractivity contribution in [1.82, 2.24) is 0 Å². The summed E-state index contributed by atoms with van der Waals surface area (Å²) in [7, 11) is 0. The number of carbonyl (C=O) groups is 1. The molecule has 25 heavy (non-hydrogen) atoms. The van der Waals surface area contributed by atoms with Gasteiger partial charge in [0.25, 0.3) is 5.91 Å². The Kier molecular flexibility index (Phi) is 6.34. The number of nitrogens with zero attached hydrogens (tertiary/aromatic N) is 1. The largest absolute Gasteiger partial charge is 0.483 e. The van der Waals surface area contributed by atoms with Crippen molar-refractivity contribution in [2.24, 2.45) is 0 Å². The van der Waals surface area contributed by atoms with E-state index in [1.165, 1.54) is 0 Å². The quantitative estimate of drug-likeness (QED) is 0.717. The van der Waals surface area contributed by atoms with Gasteiger partial charge in [0.15, 0.2) is 6.61 Å². The molecule has 3 rings (SSSR count). The summed E-state index contributed by atoms with van der Waals surface area (Å²) in [4.78, 5) is 14.3. The van der Waals surface area contributed by atoms with Gasteiger partial charge in [0.1, 0.15) is 5.75 Å². The Morgan fingerprint density at radius 2 is 1.84 bits per heavy atom. The number of ether oxygens (including phenoxy) is 2. The van der Waals surface area contributed by atoms with E-state index < -0.39 is 0 Å². The van der Waals surface area contributed by atoms with Crippen LogP contribution in [0.15, 0.2) is 51.4 Å². The monoisotopic (exact) mass is 468 g/mol. The maximum Gasteiger partial charge on any atom is 0.262 e. The van der Waals surface area contributed by atoms with Crippen molar-refractivity contribution in [3.63, 3.8) is 0 Å². The highest BCUT2D eigenvalue weighted by atomic mass is 79.9. The summed E-state index contributed by atoms with van der Waals surface area (Å²) in [6, 6.07) is 13.4. The predicted octanol–water partition coefficient (Wildman–Crippen LogP) is 4.07. The van der Waals surface area contributed by atoms with Crippen LogP contribution in [0.5, 0.6) is 5.75 Å². The fraction of sp³-hybridized carbons (Fsp3) is 0.278. The molecule has 5 nitrogen and oxygen atoms in total. The molecule has 1 heterocycles. The molecule has 2 aromatic carbocycles. The zero-order valence-corrected chi connectivity index (χ0v) is 16.7. The maximum absolute atomic E-state index is 12.1. The van der Waals surface area contributed by atoms with Crippen LogP contribution >= 0.6 is 31.9 Å². The average molecular weight is 470 g/mol. The number of carbonyl (C=O) groups excluding carboxylic acids is 1. The third kappa shape index (κ3) is 5.20. The smallest absolute Gasteiger partial charge is 0.262 e. The minimum absolute atomic E-state index is 0.0502. The molecule has 0 aliphatic carbocycles. The van der Waals surface area contributed by atoms with E-state index >= 15 is 0 Å². The third-order valence-corrected chi connectivity index (χ3v) is 4.89. The summed E-state index contributed by atoms with van der Waals surface area (Å²) in [6.45, 7) is 3.23. The number of hydrogen-bond acceptors (Lipinski definition) is 4. The molecule has 1 aliphatic heterocycles. The van der Waals surface area contributed by atoms with Crippen molar-refractivity contribution in [3.8, 4) is 5.75 Å². The molecule has 0 unspecified atom stereocenters. The molecule has 1 fully saturated rings. The van der Waals surface area contributed by atoms with Crippen molar-refractivity contribution in [1.29, 1.82) is 0 Å². The Hall–Kier alpha value is -1.57. The van der Waals surface area contributed by atoms with Crippen LogP contribution in [0.4, 0.5) is 11.4 Å². The summed E-state index contributed by atoms with van der Waals surface area (Å²) in [6.07, 6.45) is 0. The molecule has 132 valence electrons. The van der Waals surface area contributed by atoms with Crippen LogP contribution in [-0.4, -0.2) is 38.8 Å². The Balaban J connectivity index is 1.52. The second-order valence-electron chi connectivity index (χ2n) is 5.56. The number of anilines is 2. The van der Waals surface area contributed by atoms with Crippen molar-refractivity contribution < 1.29 is 14.3 Å². The molecule has 1 N–H and O–H groups in total. The first-order chi connectivity index (χ1) is 12.1. The topological polar surface area (TPSA) is 50.8 Å². The molecule has 0 spiro atoms. The Bertz CT molecular complexity index is 732. The molecule has 1 saturated heterocycles. The van der Waals surface area contributed by atoms with E-state index in [2.05, 4.69) is 42.1 Å². The van der Waals surface area contributed by atoms with Crippen molar-refractivity contribution in [2.45, 2.75) is 0 Å². The Morgan fingerprint density at radius 3 is 2.52 bits per heavy atom. The van der Waals surface area contributed by atoms with E-state index in [0.29, 0.717) is 5.75 Å². The fourth-order valence-electron chi connectivity index (χ4n) is 2.51. The molecule has 0 aromatic heterocycles. The molecular formula is C18H18Br2N2O3.